The molecule has 1 unspecified atom stereocenters. The van der Waals surface area contributed by atoms with Crippen molar-refractivity contribution in [1.82, 2.24) is 4.31 Å². The Bertz CT molecular complexity index is 1150. The fourth-order valence-electron chi connectivity index (χ4n) is 8.07. The highest BCUT2D eigenvalue weighted by Gasteiger charge is 2.74. The second-order valence-corrected chi connectivity index (χ2v) is 13.8. The average molecular weight is 502 g/mol. The predicted octanol–water partition coefficient (Wildman–Crippen LogP) is 4.13. The van der Waals surface area contributed by atoms with Gasteiger partial charge in [0.25, 0.3) is 0 Å². The maximum absolute atomic E-state index is 13.9. The first-order chi connectivity index (χ1) is 16.4. The number of nitrogens with zero attached hydrogens (tertiary/aromatic N) is 1. The highest BCUT2D eigenvalue weighted by molar-refractivity contribution is 7.89. The number of carbonyl (C=O) groups is 1. The second kappa shape index (κ2) is 8.15. The number of fused-ring (bicyclic) bond motifs is 4. The summed E-state index contributed by atoms with van der Waals surface area (Å²) in [5.74, 6) is -1.15. The summed E-state index contributed by atoms with van der Waals surface area (Å²) in [5, 5.41) is 12.1. The Balaban J connectivity index is 1.40. The van der Waals surface area contributed by atoms with Crippen LogP contribution in [0.5, 0.6) is 0 Å². The van der Waals surface area contributed by atoms with Crippen LogP contribution < -0.4 is 0 Å². The molecule has 1 heterocycles. The standard InChI is InChI=1S/C28H39NO5S/c1-5-34-24(30)20(2)28(31)18-22-11-13-27(28,25(22,3)4)19-35(32,33)29-16-14-26(15-17-29)12-10-21-8-6-7-9-23(21)26/h6-10,12,20,22,31H,5,11,13-19H2,1-4H3/t20?,22-,27+,28+/m1/s1. The minimum Gasteiger partial charge on any atom is -0.466 e. The number of rotatable bonds is 6. The maximum Gasteiger partial charge on any atom is 0.311 e. The highest BCUT2D eigenvalue weighted by atomic mass is 32.2. The summed E-state index contributed by atoms with van der Waals surface area (Å²) in [6.07, 6.45) is 7.85. The van der Waals surface area contributed by atoms with Crippen molar-refractivity contribution in [2.24, 2.45) is 22.7 Å². The molecule has 1 aromatic carbocycles. The molecule has 2 saturated carbocycles. The van der Waals surface area contributed by atoms with E-state index in [1.165, 1.54) is 11.1 Å². The van der Waals surface area contributed by atoms with Gasteiger partial charge in [0.2, 0.25) is 10.0 Å². The number of piperidine rings is 1. The normalized spacial score (nSPS) is 33.7. The van der Waals surface area contributed by atoms with Crippen LogP contribution in [-0.2, 0) is 25.0 Å². The van der Waals surface area contributed by atoms with E-state index in [0.29, 0.717) is 25.9 Å². The molecule has 5 rings (SSSR count). The van der Waals surface area contributed by atoms with Crippen LogP contribution in [0.2, 0.25) is 0 Å². The zero-order valence-corrected chi connectivity index (χ0v) is 22.2. The van der Waals surface area contributed by atoms with Crippen molar-refractivity contribution in [1.29, 1.82) is 0 Å². The van der Waals surface area contributed by atoms with Gasteiger partial charge in [-0.05, 0) is 68.4 Å². The summed E-state index contributed by atoms with van der Waals surface area (Å²) in [5.41, 5.74) is -0.243. The lowest BCUT2D eigenvalue weighted by Gasteiger charge is -2.50. The molecule has 1 spiro atoms. The third kappa shape index (κ3) is 3.41. The highest BCUT2D eigenvalue weighted by Crippen LogP contribution is 2.72. The Morgan fingerprint density at radius 1 is 1.20 bits per heavy atom. The van der Waals surface area contributed by atoms with Crippen LogP contribution in [0.25, 0.3) is 6.08 Å². The summed E-state index contributed by atoms with van der Waals surface area (Å²) in [6, 6.07) is 8.37. The molecule has 0 radical (unpaired) electrons. The van der Waals surface area contributed by atoms with E-state index in [9.17, 15) is 18.3 Å². The molecule has 2 bridgehead atoms. The second-order valence-electron chi connectivity index (χ2n) is 11.9. The van der Waals surface area contributed by atoms with E-state index >= 15 is 0 Å². The van der Waals surface area contributed by atoms with Crippen molar-refractivity contribution < 1.29 is 23.1 Å². The van der Waals surface area contributed by atoms with Crippen LogP contribution in [-0.4, -0.2) is 54.8 Å². The largest absolute Gasteiger partial charge is 0.466 e. The number of aliphatic hydroxyl groups is 1. The number of hydrogen-bond acceptors (Lipinski definition) is 5. The van der Waals surface area contributed by atoms with E-state index in [4.69, 9.17) is 4.74 Å². The van der Waals surface area contributed by atoms with Gasteiger partial charge in [0.05, 0.1) is 23.9 Å². The number of sulfonamides is 1. The van der Waals surface area contributed by atoms with Gasteiger partial charge in [-0.1, -0.05) is 50.3 Å². The van der Waals surface area contributed by atoms with Crippen molar-refractivity contribution in [2.75, 3.05) is 25.4 Å². The van der Waals surface area contributed by atoms with E-state index < -0.39 is 32.9 Å². The molecule has 3 aliphatic carbocycles. The monoisotopic (exact) mass is 501 g/mol. The molecule has 3 fully saturated rings. The quantitative estimate of drug-likeness (QED) is 0.593. The lowest BCUT2D eigenvalue weighted by atomic mass is 9.60. The first-order valence-electron chi connectivity index (χ1n) is 13.1. The van der Waals surface area contributed by atoms with Crippen LogP contribution >= 0.6 is 0 Å². The minimum atomic E-state index is -3.65. The molecule has 0 amide bonds. The van der Waals surface area contributed by atoms with Crippen molar-refractivity contribution in [3.05, 3.63) is 41.5 Å². The molecule has 1 saturated heterocycles. The fraction of sp³-hybridized carbons (Fsp3) is 0.679. The fourth-order valence-corrected chi connectivity index (χ4v) is 10.4. The number of allylic oxidation sites excluding steroid dienone is 1. The Morgan fingerprint density at radius 3 is 2.54 bits per heavy atom. The molecule has 4 aliphatic rings. The molecule has 0 aromatic heterocycles. The van der Waals surface area contributed by atoms with Gasteiger partial charge >= 0.3 is 5.97 Å². The Morgan fingerprint density at radius 2 is 1.89 bits per heavy atom. The van der Waals surface area contributed by atoms with E-state index in [2.05, 4.69) is 44.2 Å². The molecule has 1 N–H and O–H groups in total. The van der Waals surface area contributed by atoms with Crippen molar-refractivity contribution in [3.8, 4) is 0 Å². The van der Waals surface area contributed by atoms with Gasteiger partial charge in [-0.15, -0.1) is 0 Å². The van der Waals surface area contributed by atoms with Crippen LogP contribution in [0.4, 0.5) is 0 Å². The molecule has 192 valence electrons. The molecular weight excluding hydrogens is 462 g/mol. The van der Waals surface area contributed by atoms with Crippen LogP contribution in [0.15, 0.2) is 30.3 Å². The molecule has 35 heavy (non-hydrogen) atoms. The van der Waals surface area contributed by atoms with Gasteiger partial charge in [0.1, 0.15) is 0 Å². The molecule has 6 nitrogen and oxygen atoms in total. The van der Waals surface area contributed by atoms with Crippen molar-refractivity contribution in [2.45, 2.75) is 70.8 Å². The summed E-state index contributed by atoms with van der Waals surface area (Å²) < 4.78 is 34.8. The van der Waals surface area contributed by atoms with E-state index in [1.807, 2.05) is 6.07 Å². The maximum atomic E-state index is 13.9. The molecular formula is C28H39NO5S. The van der Waals surface area contributed by atoms with Gasteiger partial charge < -0.3 is 9.84 Å². The zero-order chi connectivity index (χ0) is 25.3. The smallest absolute Gasteiger partial charge is 0.311 e. The predicted molar refractivity (Wildman–Crippen MR) is 136 cm³/mol. The molecule has 4 atom stereocenters. The lowest BCUT2D eigenvalue weighted by Crippen LogP contribution is -2.60. The lowest BCUT2D eigenvalue weighted by molar-refractivity contribution is -0.172. The van der Waals surface area contributed by atoms with E-state index in [-0.39, 0.29) is 29.1 Å². The van der Waals surface area contributed by atoms with Crippen molar-refractivity contribution >= 4 is 22.1 Å². The SMILES string of the molecule is CCOC(=O)C(C)[C@@]1(O)C[C@H]2CC[C@]1(CS(=O)(=O)N1CCC3(C=Cc4ccccc43)CC1)C2(C)C. The van der Waals surface area contributed by atoms with Crippen molar-refractivity contribution in [3.63, 3.8) is 0 Å². The first-order valence-corrected chi connectivity index (χ1v) is 14.7. The summed E-state index contributed by atoms with van der Waals surface area (Å²) in [7, 11) is -3.65. The minimum absolute atomic E-state index is 0.0921. The van der Waals surface area contributed by atoms with E-state index in [0.717, 1.165) is 19.3 Å². The van der Waals surface area contributed by atoms with Crippen LogP contribution in [0.1, 0.15) is 70.9 Å². The number of hydrogen-bond donors (Lipinski definition) is 1. The number of esters is 1. The Labute approximate surface area is 209 Å². The third-order valence-electron chi connectivity index (χ3n) is 10.4. The zero-order valence-electron chi connectivity index (χ0n) is 21.4. The molecule has 1 aliphatic heterocycles. The Kier molecular flexibility index (Phi) is 5.82. The summed E-state index contributed by atoms with van der Waals surface area (Å²) >= 11 is 0. The van der Waals surface area contributed by atoms with Gasteiger partial charge in [-0.25, -0.2) is 12.7 Å². The van der Waals surface area contributed by atoms with Gasteiger partial charge in [0.15, 0.2) is 0 Å². The van der Waals surface area contributed by atoms with Crippen LogP contribution in [0.3, 0.4) is 0 Å². The molecule has 1 aromatic rings. The van der Waals surface area contributed by atoms with E-state index in [1.54, 1.807) is 18.2 Å². The number of benzene rings is 1. The summed E-state index contributed by atoms with van der Waals surface area (Å²) in [4.78, 5) is 12.7. The topological polar surface area (TPSA) is 83.9 Å². The third-order valence-corrected chi connectivity index (χ3v) is 12.4. The molecule has 7 heteroatoms. The Hall–Kier alpha value is -1.70. The number of ether oxygens (including phenoxy) is 1. The van der Waals surface area contributed by atoms with Gasteiger partial charge in [0, 0.05) is 23.9 Å². The van der Waals surface area contributed by atoms with Gasteiger partial charge in [-0.3, -0.25) is 4.79 Å². The first kappa shape index (κ1) is 25.0. The van der Waals surface area contributed by atoms with Crippen LogP contribution in [0, 0.1) is 22.7 Å². The average Bonchev–Trinajstić information content (AvgIpc) is 3.35. The van der Waals surface area contributed by atoms with Gasteiger partial charge in [-0.2, -0.15) is 0 Å². The number of carbonyl (C=O) groups excluding carboxylic acids is 1. The summed E-state index contributed by atoms with van der Waals surface area (Å²) in [6.45, 7) is 8.80.